The Hall–Kier alpha value is -1.04. The lowest BCUT2D eigenvalue weighted by Gasteiger charge is -2.09. The molecule has 5 heteroatoms. The third kappa shape index (κ3) is 3.42. The van der Waals surface area contributed by atoms with E-state index in [1.165, 1.54) is 3.57 Å². The highest BCUT2D eigenvalue weighted by molar-refractivity contribution is 14.1. The summed E-state index contributed by atoms with van der Waals surface area (Å²) in [6, 6.07) is 14.0. The molecule has 0 saturated carbocycles. The van der Waals surface area contributed by atoms with Crippen LogP contribution >= 0.6 is 45.8 Å². The highest BCUT2D eigenvalue weighted by atomic mass is 127. The van der Waals surface area contributed by atoms with E-state index in [1.807, 2.05) is 36.7 Å². The number of benzene rings is 2. The van der Waals surface area contributed by atoms with Crippen molar-refractivity contribution in [3.8, 4) is 11.4 Å². The summed E-state index contributed by atoms with van der Waals surface area (Å²) in [7, 11) is 0. The fourth-order valence-corrected chi connectivity index (χ4v) is 3.02. The summed E-state index contributed by atoms with van der Waals surface area (Å²) in [5.74, 6) is 0.944. The van der Waals surface area contributed by atoms with E-state index in [2.05, 4.69) is 50.3 Å². The number of hydrogen-bond acceptors (Lipinski definition) is 1. The van der Waals surface area contributed by atoms with E-state index in [0.29, 0.717) is 16.6 Å². The number of nitrogens with zero attached hydrogens (tertiary/aromatic N) is 2. The molecule has 0 atom stereocenters. The molecule has 0 aliphatic heterocycles. The van der Waals surface area contributed by atoms with Crippen LogP contribution in [0.2, 0.25) is 10.0 Å². The average molecular weight is 429 g/mol. The van der Waals surface area contributed by atoms with Gasteiger partial charge in [-0.25, -0.2) is 4.98 Å². The molecule has 2 aromatic carbocycles. The zero-order valence-electron chi connectivity index (χ0n) is 10.9. The second-order valence-electron chi connectivity index (χ2n) is 4.64. The van der Waals surface area contributed by atoms with Gasteiger partial charge in [-0.05, 0) is 52.4 Å². The van der Waals surface area contributed by atoms with Gasteiger partial charge in [0, 0.05) is 28.1 Å². The Bertz CT molecular complexity index is 783. The van der Waals surface area contributed by atoms with Gasteiger partial charge >= 0.3 is 0 Å². The van der Waals surface area contributed by atoms with Crippen molar-refractivity contribution in [2.24, 2.45) is 0 Å². The average Bonchev–Trinajstić information content (AvgIpc) is 2.91. The summed E-state index contributed by atoms with van der Waals surface area (Å²) in [5, 5.41) is 1.15. The fraction of sp³-hybridized carbons (Fsp3) is 0.0625. The molecule has 2 nitrogen and oxygen atoms in total. The molecule has 0 radical (unpaired) electrons. The van der Waals surface area contributed by atoms with Crippen LogP contribution in [0, 0.1) is 3.57 Å². The molecule has 21 heavy (non-hydrogen) atoms. The molecule has 0 amide bonds. The van der Waals surface area contributed by atoms with Crippen LogP contribution in [0.25, 0.3) is 11.4 Å². The number of hydrogen-bond donors (Lipinski definition) is 0. The molecular formula is C16H11Cl2IN2. The Balaban J connectivity index is 1.94. The maximum Gasteiger partial charge on any atom is 0.140 e. The van der Waals surface area contributed by atoms with Crippen LogP contribution in [0.4, 0.5) is 0 Å². The van der Waals surface area contributed by atoms with Gasteiger partial charge < -0.3 is 4.57 Å². The van der Waals surface area contributed by atoms with Crippen LogP contribution in [0.5, 0.6) is 0 Å². The minimum absolute atomic E-state index is 0.573. The minimum Gasteiger partial charge on any atom is -0.327 e. The molecule has 0 aliphatic rings. The molecule has 0 aliphatic carbocycles. The first-order valence-corrected chi connectivity index (χ1v) is 8.18. The molecule has 1 heterocycles. The van der Waals surface area contributed by atoms with Gasteiger partial charge in [-0.3, -0.25) is 0 Å². The first-order valence-electron chi connectivity index (χ1n) is 6.34. The van der Waals surface area contributed by atoms with Gasteiger partial charge in [-0.15, -0.1) is 0 Å². The smallest absolute Gasteiger partial charge is 0.140 e. The number of aromatic nitrogens is 2. The standard InChI is InChI=1S/C16H11Cl2IN2/c17-14-5-4-11(8-15(14)18)10-21-7-6-20-16(21)12-2-1-3-13(19)9-12/h1-9H,10H2. The largest absolute Gasteiger partial charge is 0.327 e. The predicted octanol–water partition coefficient (Wildman–Crippen LogP) is 5.51. The molecule has 3 aromatic rings. The molecule has 3 rings (SSSR count). The van der Waals surface area contributed by atoms with Gasteiger partial charge in [0.25, 0.3) is 0 Å². The number of imidazole rings is 1. The maximum atomic E-state index is 6.07. The van der Waals surface area contributed by atoms with Crippen molar-refractivity contribution < 1.29 is 0 Å². The second-order valence-corrected chi connectivity index (χ2v) is 6.70. The lowest BCUT2D eigenvalue weighted by atomic mass is 10.2. The van der Waals surface area contributed by atoms with Crippen LogP contribution in [0.15, 0.2) is 54.9 Å². The molecular weight excluding hydrogens is 418 g/mol. The number of rotatable bonds is 3. The monoisotopic (exact) mass is 428 g/mol. The highest BCUT2D eigenvalue weighted by Crippen LogP contribution is 2.25. The topological polar surface area (TPSA) is 17.8 Å². The fourth-order valence-electron chi connectivity index (χ4n) is 2.16. The molecule has 0 saturated heterocycles. The van der Waals surface area contributed by atoms with E-state index in [4.69, 9.17) is 23.2 Å². The first kappa shape index (κ1) is 14.9. The third-order valence-corrected chi connectivity index (χ3v) is 4.55. The van der Waals surface area contributed by atoms with Crippen LogP contribution in [0.1, 0.15) is 5.56 Å². The molecule has 0 unspecified atom stereocenters. The minimum atomic E-state index is 0.573. The van der Waals surface area contributed by atoms with E-state index >= 15 is 0 Å². The van der Waals surface area contributed by atoms with Gasteiger partial charge in [0.05, 0.1) is 10.0 Å². The molecule has 0 spiro atoms. The summed E-state index contributed by atoms with van der Waals surface area (Å²) < 4.78 is 3.29. The van der Waals surface area contributed by atoms with Crippen molar-refractivity contribution in [3.05, 3.63) is 74.0 Å². The molecule has 106 valence electrons. The Morgan fingerprint density at radius 3 is 2.67 bits per heavy atom. The highest BCUT2D eigenvalue weighted by Gasteiger charge is 2.08. The van der Waals surface area contributed by atoms with Gasteiger partial charge in [-0.1, -0.05) is 41.4 Å². The normalized spacial score (nSPS) is 10.8. The van der Waals surface area contributed by atoms with Gasteiger partial charge in [0.15, 0.2) is 0 Å². The van der Waals surface area contributed by atoms with E-state index < -0.39 is 0 Å². The Morgan fingerprint density at radius 1 is 1.05 bits per heavy atom. The van der Waals surface area contributed by atoms with Gasteiger partial charge in [0.2, 0.25) is 0 Å². The molecule has 0 bridgehead atoms. The first-order chi connectivity index (χ1) is 10.1. The molecule has 0 fully saturated rings. The predicted molar refractivity (Wildman–Crippen MR) is 95.9 cm³/mol. The van der Waals surface area contributed by atoms with E-state index in [9.17, 15) is 0 Å². The van der Waals surface area contributed by atoms with Gasteiger partial charge in [0.1, 0.15) is 5.82 Å². The quantitative estimate of drug-likeness (QED) is 0.503. The van der Waals surface area contributed by atoms with E-state index in [0.717, 1.165) is 17.0 Å². The third-order valence-electron chi connectivity index (χ3n) is 3.14. The van der Waals surface area contributed by atoms with Crippen molar-refractivity contribution >= 4 is 45.8 Å². The van der Waals surface area contributed by atoms with Crippen molar-refractivity contribution in [2.75, 3.05) is 0 Å². The van der Waals surface area contributed by atoms with E-state index in [1.54, 1.807) is 0 Å². The van der Waals surface area contributed by atoms with E-state index in [-0.39, 0.29) is 0 Å². The Morgan fingerprint density at radius 2 is 1.90 bits per heavy atom. The lowest BCUT2D eigenvalue weighted by Crippen LogP contribution is -2.01. The van der Waals surface area contributed by atoms with Gasteiger partial charge in [-0.2, -0.15) is 0 Å². The number of halogens is 3. The van der Waals surface area contributed by atoms with Crippen LogP contribution in [0.3, 0.4) is 0 Å². The molecule has 0 N–H and O–H groups in total. The maximum absolute atomic E-state index is 6.07. The molecule has 1 aromatic heterocycles. The van der Waals surface area contributed by atoms with Crippen LogP contribution in [-0.2, 0) is 6.54 Å². The van der Waals surface area contributed by atoms with Crippen molar-refractivity contribution in [3.63, 3.8) is 0 Å². The second kappa shape index (κ2) is 6.38. The summed E-state index contributed by atoms with van der Waals surface area (Å²) in [6.07, 6.45) is 3.78. The Kier molecular flexibility index (Phi) is 4.52. The summed E-state index contributed by atoms with van der Waals surface area (Å²) >= 11 is 14.3. The lowest BCUT2D eigenvalue weighted by molar-refractivity contribution is 0.807. The Labute approximate surface area is 146 Å². The summed E-state index contributed by atoms with van der Waals surface area (Å²) in [4.78, 5) is 4.46. The van der Waals surface area contributed by atoms with Crippen molar-refractivity contribution in [1.82, 2.24) is 9.55 Å². The SMILES string of the molecule is Clc1ccc(Cn2ccnc2-c2cccc(I)c2)cc1Cl. The van der Waals surface area contributed by atoms with Crippen LogP contribution in [-0.4, -0.2) is 9.55 Å². The van der Waals surface area contributed by atoms with Crippen molar-refractivity contribution in [1.29, 1.82) is 0 Å². The zero-order valence-corrected chi connectivity index (χ0v) is 14.6. The van der Waals surface area contributed by atoms with Crippen molar-refractivity contribution in [2.45, 2.75) is 6.54 Å². The summed E-state index contributed by atoms with van der Waals surface area (Å²) in [6.45, 7) is 0.706. The summed E-state index contributed by atoms with van der Waals surface area (Å²) in [5.41, 5.74) is 2.20. The van der Waals surface area contributed by atoms with Crippen LogP contribution < -0.4 is 0 Å². The zero-order chi connectivity index (χ0) is 14.8.